The van der Waals surface area contributed by atoms with E-state index in [1.165, 1.54) is 6.20 Å². The minimum atomic E-state index is -3.91. The van der Waals surface area contributed by atoms with Crippen molar-refractivity contribution in [3.8, 4) is 5.88 Å². The van der Waals surface area contributed by atoms with Crippen LogP contribution >= 0.6 is 0 Å². The number of alkyl halides is 1. The fraction of sp³-hybridized carbons (Fsp3) is 0.282. The lowest BCUT2D eigenvalue weighted by Crippen LogP contribution is -2.39. The largest absolute Gasteiger partial charge is 0.474 e. The molecule has 11 heteroatoms. The Kier molecular flexibility index (Phi) is 8.40. The monoisotopic (exact) mass is 691 g/mol. The number of rotatable bonds is 8. The van der Waals surface area contributed by atoms with Gasteiger partial charge in [0.15, 0.2) is 9.92 Å². The predicted molar refractivity (Wildman–Crippen MR) is 189 cm³/mol. The zero-order chi connectivity index (χ0) is 34.3. The lowest BCUT2D eigenvalue weighted by molar-refractivity contribution is 0.0165. The average molecular weight is 692 g/mol. The number of anilines is 1. The van der Waals surface area contributed by atoms with E-state index in [1.54, 1.807) is 11.8 Å². The van der Waals surface area contributed by atoms with Crippen molar-refractivity contribution in [2.75, 3.05) is 19.0 Å². The highest BCUT2D eigenvalue weighted by Gasteiger charge is 2.41. The number of methoxy groups -OCH3 is 1. The van der Waals surface area contributed by atoms with Gasteiger partial charge in [-0.15, -0.1) is 0 Å². The summed E-state index contributed by atoms with van der Waals surface area (Å²) in [4.78, 5) is 14.5. The van der Waals surface area contributed by atoms with Crippen LogP contribution in [0.2, 0.25) is 0 Å². The van der Waals surface area contributed by atoms with E-state index >= 15 is 4.21 Å². The standard InChI is InChI=1S/C39H38FN5O4S/c1-48-32-24-45-37(49-25-32)35(23-41-45)50(47,43-38(46)42-36-33-19-11-12-26(33)20-27-21-31(40)22-34(27)36)44-39(28-13-5-2-6-14-28,29-15-7-3-8-16-29)30-17-9-4-10-18-30/h2-10,13-18,20,23,31-32H,11-12,19,21-22,24-25H2,1H3,(H2,42,43,44,46,47)/t31-,32+,50+/m1/s1. The number of nitrogens with one attached hydrogen (secondary N) is 2. The number of benzene rings is 4. The topological polar surface area (TPSA) is 107 Å². The Labute approximate surface area is 291 Å². The van der Waals surface area contributed by atoms with Crippen molar-refractivity contribution in [1.82, 2.24) is 14.5 Å². The molecule has 1 aromatic heterocycles. The van der Waals surface area contributed by atoms with Crippen LogP contribution in [0.25, 0.3) is 0 Å². The summed E-state index contributed by atoms with van der Waals surface area (Å²) >= 11 is 0. The Balaban J connectivity index is 1.33. The molecule has 9 nitrogen and oxygen atoms in total. The number of carbonyl (C=O) groups excluding carboxylic acids is 1. The molecule has 0 bridgehead atoms. The van der Waals surface area contributed by atoms with Crippen LogP contribution in [0.5, 0.6) is 5.88 Å². The van der Waals surface area contributed by atoms with Crippen molar-refractivity contribution >= 4 is 21.6 Å². The second kappa shape index (κ2) is 13.0. The number of fused-ring (bicyclic) bond motifs is 3. The van der Waals surface area contributed by atoms with Gasteiger partial charge in [0.2, 0.25) is 5.88 Å². The summed E-state index contributed by atoms with van der Waals surface area (Å²) in [6, 6.07) is 30.3. The number of hydrogen-bond donors (Lipinski definition) is 2. The van der Waals surface area contributed by atoms with E-state index in [1.807, 2.05) is 91.0 Å². The first-order chi connectivity index (χ1) is 24.4. The number of aryl methyl sites for hydroxylation is 1. The smallest absolute Gasteiger partial charge is 0.331 e. The van der Waals surface area contributed by atoms with Crippen LogP contribution < -0.4 is 14.8 Å². The number of halogens is 1. The molecule has 1 aliphatic heterocycles. The van der Waals surface area contributed by atoms with Crippen molar-refractivity contribution in [3.63, 3.8) is 0 Å². The molecule has 2 aliphatic carbocycles. The van der Waals surface area contributed by atoms with Gasteiger partial charge in [-0.05, 0) is 58.2 Å². The summed E-state index contributed by atoms with van der Waals surface area (Å²) in [5.74, 6) is 0.247. The lowest BCUT2D eigenvalue weighted by atomic mass is 9.78. The molecule has 0 spiro atoms. The molecule has 256 valence electrons. The first-order valence-electron chi connectivity index (χ1n) is 16.9. The Morgan fingerprint density at radius 2 is 1.58 bits per heavy atom. The van der Waals surface area contributed by atoms with Crippen LogP contribution in [0.4, 0.5) is 14.9 Å². The second-order valence-electron chi connectivity index (χ2n) is 13.0. The van der Waals surface area contributed by atoms with E-state index in [9.17, 15) is 9.18 Å². The van der Waals surface area contributed by atoms with Crippen LogP contribution in [-0.2, 0) is 52.4 Å². The summed E-state index contributed by atoms with van der Waals surface area (Å²) in [5, 5.41) is 7.56. The first-order valence-corrected chi connectivity index (χ1v) is 18.4. The van der Waals surface area contributed by atoms with Gasteiger partial charge < -0.3 is 14.8 Å². The normalized spacial score (nSPS) is 19.0. The fourth-order valence-corrected chi connectivity index (χ4v) is 9.46. The Bertz CT molecular complexity index is 2070. The van der Waals surface area contributed by atoms with E-state index < -0.39 is 27.7 Å². The molecule has 2 amide bonds. The third-order valence-electron chi connectivity index (χ3n) is 9.95. The van der Waals surface area contributed by atoms with Crippen LogP contribution in [-0.4, -0.2) is 46.0 Å². The Hall–Kier alpha value is -5.00. The molecule has 3 aliphatic rings. The molecule has 5 aromatic rings. The van der Waals surface area contributed by atoms with Gasteiger partial charge in [-0.2, -0.15) is 9.46 Å². The molecule has 0 saturated heterocycles. The van der Waals surface area contributed by atoms with Crippen molar-refractivity contribution in [3.05, 3.63) is 142 Å². The maximum atomic E-state index is 16.0. The lowest BCUT2D eigenvalue weighted by Gasteiger charge is -2.33. The van der Waals surface area contributed by atoms with Crippen LogP contribution in [0.1, 0.15) is 45.4 Å². The van der Waals surface area contributed by atoms with E-state index in [-0.39, 0.29) is 29.9 Å². The van der Waals surface area contributed by atoms with Gasteiger partial charge >= 0.3 is 6.03 Å². The van der Waals surface area contributed by atoms with Gasteiger partial charge in [-0.3, -0.25) is 0 Å². The van der Waals surface area contributed by atoms with Gasteiger partial charge in [0, 0.05) is 25.6 Å². The highest BCUT2D eigenvalue weighted by molar-refractivity contribution is 7.92. The molecule has 0 fully saturated rings. The Morgan fingerprint density at radius 3 is 2.20 bits per heavy atom. The third-order valence-corrected chi connectivity index (χ3v) is 11.8. The predicted octanol–water partition coefficient (Wildman–Crippen LogP) is 6.77. The SMILES string of the molecule is CO[C@@H]1COc2c([S@@](=O)(=NC(c3ccccc3)(c3ccccc3)c3ccccc3)NC(=O)Nc3c4c(cc5c3C[C@H](F)C5)CCC4)cnn2C1. The minimum absolute atomic E-state index is 0.140. The molecule has 2 N–H and O–H groups in total. The highest BCUT2D eigenvalue weighted by atomic mass is 32.2. The van der Waals surface area contributed by atoms with E-state index in [0.717, 1.165) is 58.2 Å². The summed E-state index contributed by atoms with van der Waals surface area (Å²) in [6.07, 6.45) is 3.34. The summed E-state index contributed by atoms with van der Waals surface area (Å²) in [6.45, 7) is 0.590. The maximum absolute atomic E-state index is 16.0. The van der Waals surface area contributed by atoms with Crippen molar-refractivity contribution < 1.29 is 22.9 Å². The van der Waals surface area contributed by atoms with Crippen LogP contribution in [0.3, 0.4) is 0 Å². The molecule has 0 saturated carbocycles. The molecule has 0 radical (unpaired) electrons. The van der Waals surface area contributed by atoms with E-state index in [2.05, 4.69) is 21.2 Å². The van der Waals surface area contributed by atoms with Crippen molar-refractivity contribution in [1.29, 1.82) is 0 Å². The fourth-order valence-electron chi connectivity index (χ4n) is 7.61. The summed E-state index contributed by atoms with van der Waals surface area (Å²) < 4.78 is 52.1. The molecular formula is C39H38FN5O4S. The first kappa shape index (κ1) is 32.2. The number of urea groups is 1. The number of carbonyl (C=O) groups is 1. The molecule has 0 unspecified atom stereocenters. The zero-order valence-corrected chi connectivity index (χ0v) is 28.5. The van der Waals surface area contributed by atoms with Gasteiger partial charge in [0.25, 0.3) is 0 Å². The second-order valence-corrected chi connectivity index (χ2v) is 14.9. The van der Waals surface area contributed by atoms with Crippen LogP contribution in [0.15, 0.2) is 113 Å². The molecule has 4 aromatic carbocycles. The summed E-state index contributed by atoms with van der Waals surface area (Å²) in [5.41, 5.74) is 5.39. The van der Waals surface area contributed by atoms with Crippen molar-refractivity contribution in [2.45, 2.75) is 61.4 Å². The minimum Gasteiger partial charge on any atom is -0.474 e. The van der Waals surface area contributed by atoms with Gasteiger partial charge in [0.1, 0.15) is 29.3 Å². The Morgan fingerprint density at radius 1 is 0.940 bits per heavy atom. The zero-order valence-electron chi connectivity index (χ0n) is 27.7. The quantitative estimate of drug-likeness (QED) is 0.175. The average Bonchev–Trinajstić information content (AvgIpc) is 3.89. The molecule has 3 atom stereocenters. The van der Waals surface area contributed by atoms with Gasteiger partial charge in [-0.25, -0.2) is 22.8 Å². The van der Waals surface area contributed by atoms with Gasteiger partial charge in [-0.1, -0.05) is 97.1 Å². The highest BCUT2D eigenvalue weighted by Crippen LogP contribution is 2.44. The van der Waals surface area contributed by atoms with E-state index in [0.29, 0.717) is 18.7 Å². The number of hydrogen-bond acceptors (Lipinski definition) is 6. The number of nitrogens with zero attached hydrogens (tertiary/aromatic N) is 3. The van der Waals surface area contributed by atoms with Crippen LogP contribution in [0, 0.1) is 0 Å². The van der Waals surface area contributed by atoms with Crippen molar-refractivity contribution in [2.24, 2.45) is 4.36 Å². The van der Waals surface area contributed by atoms with Gasteiger partial charge in [0.05, 0.1) is 12.7 Å². The number of ether oxygens (including phenoxy) is 2. The maximum Gasteiger partial charge on any atom is 0.331 e. The number of amides is 2. The van der Waals surface area contributed by atoms with E-state index in [4.69, 9.17) is 13.8 Å². The molecule has 50 heavy (non-hydrogen) atoms. The number of aromatic nitrogens is 2. The third kappa shape index (κ3) is 5.64. The molecule has 8 rings (SSSR count). The molecular weight excluding hydrogens is 654 g/mol. The summed E-state index contributed by atoms with van der Waals surface area (Å²) in [7, 11) is -2.31. The molecule has 2 heterocycles.